The normalized spacial score (nSPS) is 16.2. The Morgan fingerprint density at radius 3 is 2.67 bits per heavy atom. The van der Waals surface area contributed by atoms with E-state index in [-0.39, 0.29) is 0 Å². The zero-order valence-electron chi connectivity index (χ0n) is 8.80. The largest absolute Gasteiger partial charge is 0.771 e. The van der Waals surface area contributed by atoms with Crippen LogP contribution in [0.5, 0.6) is 0 Å². The Morgan fingerprint density at radius 2 is 2.17 bits per heavy atom. The smallest absolute Gasteiger partial charge is 0.180 e. The number of nitrogen functional groups attached to an aromatic ring is 1. The van der Waals surface area contributed by atoms with Gasteiger partial charge in [-0.2, -0.15) is 0 Å². The van der Waals surface area contributed by atoms with Crippen molar-refractivity contribution in [3.63, 3.8) is 0 Å². The SMILES string of the molecule is Nc1ncc(C(Br)(c2ccccc2Cl)S(=O)[O-])s1. The van der Waals surface area contributed by atoms with E-state index >= 15 is 0 Å². The van der Waals surface area contributed by atoms with Gasteiger partial charge in [-0.3, -0.25) is 4.21 Å². The standard InChI is InChI=1S/C10H8BrClN2O2S2/c11-10(18(15)16,8-5-14-9(13)17-8)6-3-1-2-4-7(6)12/h1-5H,(H2,13,14)(H,15,16)/p-1. The van der Waals surface area contributed by atoms with E-state index in [1.165, 1.54) is 6.20 Å². The van der Waals surface area contributed by atoms with E-state index in [0.29, 0.717) is 20.6 Å². The van der Waals surface area contributed by atoms with Crippen LogP contribution in [-0.2, 0) is 14.7 Å². The second-order valence-corrected chi connectivity index (χ2v) is 7.64. The summed E-state index contributed by atoms with van der Waals surface area (Å²) >= 11 is 7.93. The first-order chi connectivity index (χ1) is 8.46. The lowest BCUT2D eigenvalue weighted by Crippen LogP contribution is -2.25. The topological polar surface area (TPSA) is 79.0 Å². The minimum Gasteiger partial charge on any atom is -0.771 e. The maximum Gasteiger partial charge on any atom is 0.180 e. The molecule has 1 aromatic carbocycles. The Hall–Kier alpha value is -0.470. The minimum atomic E-state index is -2.47. The Kier molecular flexibility index (Phi) is 4.08. The highest BCUT2D eigenvalue weighted by Crippen LogP contribution is 2.46. The quantitative estimate of drug-likeness (QED) is 0.669. The van der Waals surface area contributed by atoms with Gasteiger partial charge in [0.25, 0.3) is 0 Å². The highest BCUT2D eigenvalue weighted by molar-refractivity contribution is 9.11. The third kappa shape index (κ3) is 2.33. The summed E-state index contributed by atoms with van der Waals surface area (Å²) in [5.74, 6) is 0. The van der Waals surface area contributed by atoms with Gasteiger partial charge < -0.3 is 10.3 Å². The monoisotopic (exact) mass is 365 g/mol. The molecule has 2 atom stereocenters. The molecule has 0 aliphatic heterocycles. The fourth-order valence-corrected chi connectivity index (χ4v) is 4.18. The third-order valence-electron chi connectivity index (χ3n) is 2.29. The highest BCUT2D eigenvalue weighted by Gasteiger charge is 2.36. The predicted octanol–water partition coefficient (Wildman–Crippen LogP) is 2.85. The molecular weight excluding hydrogens is 360 g/mol. The average molecular weight is 367 g/mol. The molecule has 0 saturated heterocycles. The van der Waals surface area contributed by atoms with E-state index in [1.54, 1.807) is 24.3 Å². The molecule has 2 rings (SSSR count). The zero-order chi connectivity index (χ0) is 13.3. The Bertz CT molecular complexity index is 607. The molecule has 0 aliphatic rings. The molecule has 8 heteroatoms. The Morgan fingerprint density at radius 1 is 1.50 bits per heavy atom. The minimum absolute atomic E-state index is 0.298. The van der Waals surface area contributed by atoms with Crippen LogP contribution in [0, 0.1) is 0 Å². The van der Waals surface area contributed by atoms with E-state index < -0.39 is 14.7 Å². The van der Waals surface area contributed by atoms with Crippen molar-refractivity contribution < 1.29 is 8.76 Å². The first kappa shape index (κ1) is 14.0. The average Bonchev–Trinajstić information content (AvgIpc) is 2.75. The number of anilines is 1. The van der Waals surface area contributed by atoms with Crippen molar-refractivity contribution in [3.8, 4) is 0 Å². The molecule has 0 fully saturated rings. The number of hydrogen-bond donors (Lipinski definition) is 1. The molecule has 0 aliphatic carbocycles. The van der Waals surface area contributed by atoms with Gasteiger partial charge >= 0.3 is 0 Å². The lowest BCUT2D eigenvalue weighted by atomic mass is 10.1. The molecule has 0 saturated carbocycles. The van der Waals surface area contributed by atoms with Crippen LogP contribution in [0.2, 0.25) is 5.02 Å². The molecular formula is C10H7BrClN2O2S2-. The molecule has 0 amide bonds. The van der Waals surface area contributed by atoms with Gasteiger partial charge in [0, 0.05) is 16.8 Å². The molecule has 0 bridgehead atoms. The molecule has 4 nitrogen and oxygen atoms in total. The lowest BCUT2D eigenvalue weighted by Gasteiger charge is -2.29. The second-order valence-electron chi connectivity index (χ2n) is 3.37. The fourth-order valence-electron chi connectivity index (χ4n) is 1.46. The van der Waals surface area contributed by atoms with Crippen molar-refractivity contribution in [1.82, 2.24) is 4.98 Å². The van der Waals surface area contributed by atoms with Crippen LogP contribution in [0.25, 0.3) is 0 Å². The Labute approximate surface area is 124 Å². The van der Waals surface area contributed by atoms with Crippen molar-refractivity contribution in [2.24, 2.45) is 0 Å². The van der Waals surface area contributed by atoms with Gasteiger partial charge in [-0.05, 0) is 17.1 Å². The summed E-state index contributed by atoms with van der Waals surface area (Å²) in [5.41, 5.74) is 5.98. The number of thiazole rings is 1. The van der Waals surface area contributed by atoms with Crippen LogP contribution in [0.4, 0.5) is 5.13 Å². The maximum absolute atomic E-state index is 11.6. The van der Waals surface area contributed by atoms with Crippen molar-refractivity contribution in [2.75, 3.05) is 5.73 Å². The number of halogens is 2. The highest BCUT2D eigenvalue weighted by atomic mass is 79.9. The molecule has 2 unspecified atom stereocenters. The summed E-state index contributed by atoms with van der Waals surface area (Å²) in [4.78, 5) is 4.33. The number of benzene rings is 1. The second kappa shape index (κ2) is 5.26. The van der Waals surface area contributed by atoms with Crippen LogP contribution < -0.4 is 5.73 Å². The van der Waals surface area contributed by atoms with Gasteiger partial charge in [0.15, 0.2) is 5.13 Å². The zero-order valence-corrected chi connectivity index (χ0v) is 12.8. The molecule has 1 heterocycles. The van der Waals surface area contributed by atoms with E-state index in [4.69, 9.17) is 17.3 Å². The van der Waals surface area contributed by atoms with Crippen molar-refractivity contribution in [3.05, 3.63) is 45.9 Å². The number of nitrogens with zero attached hydrogens (tertiary/aromatic N) is 1. The summed E-state index contributed by atoms with van der Waals surface area (Å²) in [7, 11) is 0. The number of rotatable bonds is 3. The fraction of sp³-hybridized carbons (Fsp3) is 0.100. The van der Waals surface area contributed by atoms with Crippen LogP contribution in [0.3, 0.4) is 0 Å². The molecule has 0 spiro atoms. The predicted molar refractivity (Wildman–Crippen MR) is 76.6 cm³/mol. The summed E-state index contributed by atoms with van der Waals surface area (Å²) < 4.78 is 21.8. The van der Waals surface area contributed by atoms with E-state index in [2.05, 4.69) is 20.9 Å². The van der Waals surface area contributed by atoms with Crippen molar-refractivity contribution >= 4 is 55.1 Å². The van der Waals surface area contributed by atoms with Crippen LogP contribution in [0.15, 0.2) is 30.5 Å². The number of alkyl halides is 1. The van der Waals surface area contributed by atoms with E-state index in [9.17, 15) is 8.76 Å². The Balaban J connectivity index is 2.66. The molecule has 96 valence electrons. The van der Waals surface area contributed by atoms with Gasteiger partial charge in [-0.25, -0.2) is 4.98 Å². The van der Waals surface area contributed by atoms with Gasteiger partial charge in [0.1, 0.15) is 3.66 Å². The molecule has 18 heavy (non-hydrogen) atoms. The summed E-state index contributed by atoms with van der Waals surface area (Å²) in [6.45, 7) is 0. The van der Waals surface area contributed by atoms with Crippen molar-refractivity contribution in [1.29, 1.82) is 0 Å². The summed E-state index contributed by atoms with van der Waals surface area (Å²) in [5, 5.41) is 0.650. The lowest BCUT2D eigenvalue weighted by molar-refractivity contribution is 0.527. The number of nitrogens with two attached hydrogens (primary N) is 1. The molecule has 1 aromatic heterocycles. The molecule has 2 aromatic rings. The molecule has 0 radical (unpaired) electrons. The van der Waals surface area contributed by atoms with Crippen molar-refractivity contribution in [2.45, 2.75) is 3.66 Å². The van der Waals surface area contributed by atoms with E-state index in [1.807, 2.05) is 0 Å². The van der Waals surface area contributed by atoms with Gasteiger partial charge in [-0.15, -0.1) is 0 Å². The third-order valence-corrected chi connectivity index (χ3v) is 6.50. The van der Waals surface area contributed by atoms with Crippen LogP contribution >= 0.6 is 38.9 Å². The summed E-state index contributed by atoms with van der Waals surface area (Å²) in [6.07, 6.45) is 1.42. The van der Waals surface area contributed by atoms with Gasteiger partial charge in [0.05, 0.1) is 4.88 Å². The maximum atomic E-state index is 11.6. The van der Waals surface area contributed by atoms with Gasteiger partial charge in [-0.1, -0.05) is 57.1 Å². The first-order valence-corrected chi connectivity index (χ1v) is 7.77. The first-order valence-electron chi connectivity index (χ1n) is 4.71. The summed E-state index contributed by atoms with van der Waals surface area (Å²) in [6, 6.07) is 6.72. The van der Waals surface area contributed by atoms with Crippen LogP contribution in [0.1, 0.15) is 10.4 Å². The van der Waals surface area contributed by atoms with Crippen LogP contribution in [-0.4, -0.2) is 13.7 Å². The number of hydrogen-bond acceptors (Lipinski definition) is 5. The van der Waals surface area contributed by atoms with E-state index in [0.717, 1.165) is 11.3 Å². The van der Waals surface area contributed by atoms with Gasteiger partial charge in [0.2, 0.25) is 0 Å². The number of aromatic nitrogens is 1. The molecule has 2 N–H and O–H groups in total.